The zero-order valence-electron chi connectivity index (χ0n) is 16.3. The van der Waals surface area contributed by atoms with E-state index in [2.05, 4.69) is 31.7 Å². The number of aliphatic hydroxyl groups is 1. The average Bonchev–Trinajstić information content (AvgIpc) is 2.54. The Bertz CT molecular complexity index is 424. The van der Waals surface area contributed by atoms with Crippen LogP contribution >= 0.6 is 0 Å². The first-order valence-electron chi connectivity index (χ1n) is 10.4. The Kier molecular flexibility index (Phi) is 8.38. The van der Waals surface area contributed by atoms with E-state index in [1.165, 1.54) is 70.0 Å². The van der Waals surface area contributed by atoms with Gasteiger partial charge in [-0.25, -0.2) is 0 Å². The third kappa shape index (κ3) is 7.01. The van der Waals surface area contributed by atoms with Crippen LogP contribution in [0.4, 0.5) is 0 Å². The summed E-state index contributed by atoms with van der Waals surface area (Å²) >= 11 is 0. The summed E-state index contributed by atoms with van der Waals surface area (Å²) in [5.74, 6) is 2.95. The fourth-order valence-electron chi connectivity index (χ4n) is 4.15. The van der Waals surface area contributed by atoms with E-state index < -0.39 is 0 Å². The molecule has 1 fully saturated rings. The molecule has 1 aliphatic carbocycles. The van der Waals surface area contributed by atoms with Crippen molar-refractivity contribution in [2.24, 2.45) is 17.8 Å². The van der Waals surface area contributed by atoms with Gasteiger partial charge in [-0.05, 0) is 49.8 Å². The summed E-state index contributed by atoms with van der Waals surface area (Å²) < 4.78 is 0. The van der Waals surface area contributed by atoms with Gasteiger partial charge >= 0.3 is 0 Å². The Morgan fingerprint density at radius 1 is 1.04 bits per heavy atom. The molecule has 0 bridgehead atoms. The maximum absolute atomic E-state index is 9.64. The first-order chi connectivity index (χ1) is 11.5. The molecule has 1 saturated heterocycles. The lowest BCUT2D eigenvalue weighted by Gasteiger charge is -2.35. The Morgan fingerprint density at radius 3 is 2.62 bits per heavy atom. The van der Waals surface area contributed by atoms with Crippen LogP contribution in [0.15, 0.2) is 23.5 Å². The number of allylic oxidation sites excluding steroid dienone is 3. The van der Waals surface area contributed by atoms with Gasteiger partial charge in [-0.1, -0.05) is 70.9 Å². The maximum Gasteiger partial charge on any atom is 0.0928 e. The van der Waals surface area contributed by atoms with Gasteiger partial charge in [0.05, 0.1) is 5.76 Å². The van der Waals surface area contributed by atoms with Gasteiger partial charge in [-0.3, -0.25) is 4.90 Å². The average molecular weight is 334 g/mol. The first-order valence-corrected chi connectivity index (χ1v) is 10.4. The standard InChI is InChI=1S/C22H39NO/c1-18(2)8-7-10-19(3)9-5-4-6-14-23-15-13-20-16-22(24)12-11-21(20)17-23/h11-12,18-20,24H,4-10,13-17H2,1-3H3. The predicted molar refractivity (Wildman–Crippen MR) is 104 cm³/mol. The van der Waals surface area contributed by atoms with Gasteiger partial charge in [0, 0.05) is 13.0 Å². The van der Waals surface area contributed by atoms with Crippen molar-refractivity contribution in [2.45, 2.75) is 78.6 Å². The highest BCUT2D eigenvalue weighted by atomic mass is 16.3. The van der Waals surface area contributed by atoms with Crippen molar-refractivity contribution in [3.05, 3.63) is 23.5 Å². The number of hydrogen-bond acceptors (Lipinski definition) is 2. The molecule has 0 saturated carbocycles. The van der Waals surface area contributed by atoms with Gasteiger partial charge in [0.25, 0.3) is 0 Å². The third-order valence-electron chi connectivity index (χ3n) is 5.82. The fourth-order valence-corrected chi connectivity index (χ4v) is 4.15. The Labute approximate surface area is 150 Å². The van der Waals surface area contributed by atoms with Gasteiger partial charge in [0.15, 0.2) is 0 Å². The summed E-state index contributed by atoms with van der Waals surface area (Å²) in [6, 6.07) is 0. The molecule has 0 aromatic heterocycles. The lowest BCUT2D eigenvalue weighted by atomic mass is 9.84. The highest BCUT2D eigenvalue weighted by Crippen LogP contribution is 2.31. The number of piperidine rings is 1. The summed E-state index contributed by atoms with van der Waals surface area (Å²) in [6.07, 6.45) is 15.9. The summed E-state index contributed by atoms with van der Waals surface area (Å²) in [4.78, 5) is 2.62. The topological polar surface area (TPSA) is 23.5 Å². The quantitative estimate of drug-likeness (QED) is 0.488. The van der Waals surface area contributed by atoms with Crippen LogP contribution in [-0.4, -0.2) is 29.6 Å². The van der Waals surface area contributed by atoms with Gasteiger partial charge in [0.2, 0.25) is 0 Å². The number of rotatable bonds is 10. The molecular formula is C22H39NO. The number of nitrogens with zero attached hydrogens (tertiary/aromatic N) is 1. The largest absolute Gasteiger partial charge is 0.512 e. The van der Waals surface area contributed by atoms with Crippen molar-refractivity contribution >= 4 is 0 Å². The molecule has 2 heteroatoms. The van der Waals surface area contributed by atoms with Crippen LogP contribution in [0.1, 0.15) is 78.6 Å². The molecule has 1 N–H and O–H groups in total. The first kappa shape index (κ1) is 19.6. The SMILES string of the molecule is CC(C)CCCC(C)CCCCCN1CCC2CC(O)=CC=C2C1. The van der Waals surface area contributed by atoms with Crippen LogP contribution in [0.2, 0.25) is 0 Å². The van der Waals surface area contributed by atoms with Crippen LogP contribution in [0.25, 0.3) is 0 Å². The van der Waals surface area contributed by atoms with E-state index in [0.717, 1.165) is 24.8 Å². The number of likely N-dealkylation sites (tertiary alicyclic amines) is 1. The van der Waals surface area contributed by atoms with Gasteiger partial charge < -0.3 is 5.11 Å². The predicted octanol–water partition coefficient (Wildman–Crippen LogP) is 6.10. The second-order valence-corrected chi connectivity index (χ2v) is 8.64. The normalized spacial score (nSPS) is 22.9. The summed E-state index contributed by atoms with van der Waals surface area (Å²) in [5.41, 5.74) is 1.54. The number of unbranched alkanes of at least 4 members (excludes halogenated alkanes) is 2. The zero-order valence-corrected chi connectivity index (χ0v) is 16.3. The molecule has 2 atom stereocenters. The lowest BCUT2D eigenvalue weighted by Crippen LogP contribution is -2.37. The van der Waals surface area contributed by atoms with Crippen molar-refractivity contribution in [1.82, 2.24) is 4.90 Å². The molecule has 24 heavy (non-hydrogen) atoms. The van der Waals surface area contributed by atoms with Crippen LogP contribution in [-0.2, 0) is 0 Å². The van der Waals surface area contributed by atoms with E-state index >= 15 is 0 Å². The molecule has 2 rings (SSSR count). The minimum absolute atomic E-state index is 0.569. The summed E-state index contributed by atoms with van der Waals surface area (Å²) in [6.45, 7) is 10.7. The number of aliphatic hydroxyl groups excluding tert-OH is 1. The molecule has 2 nitrogen and oxygen atoms in total. The fraction of sp³-hybridized carbons (Fsp3) is 0.818. The summed E-state index contributed by atoms with van der Waals surface area (Å²) in [5, 5.41) is 9.64. The molecule has 2 unspecified atom stereocenters. The minimum Gasteiger partial charge on any atom is -0.512 e. The van der Waals surface area contributed by atoms with Gasteiger partial charge in [-0.15, -0.1) is 0 Å². The molecule has 2 aliphatic rings. The molecule has 0 spiro atoms. The molecule has 1 aliphatic heterocycles. The van der Waals surface area contributed by atoms with Crippen molar-refractivity contribution in [3.8, 4) is 0 Å². The van der Waals surface area contributed by atoms with Crippen LogP contribution < -0.4 is 0 Å². The van der Waals surface area contributed by atoms with Crippen molar-refractivity contribution in [1.29, 1.82) is 0 Å². The number of fused-ring (bicyclic) bond motifs is 1. The van der Waals surface area contributed by atoms with E-state index in [4.69, 9.17) is 0 Å². The van der Waals surface area contributed by atoms with Crippen LogP contribution in [0.3, 0.4) is 0 Å². The highest BCUT2D eigenvalue weighted by Gasteiger charge is 2.25. The van der Waals surface area contributed by atoms with Gasteiger partial charge in [0.1, 0.15) is 0 Å². The van der Waals surface area contributed by atoms with Crippen molar-refractivity contribution in [2.75, 3.05) is 19.6 Å². The Hall–Kier alpha value is -0.760. The van der Waals surface area contributed by atoms with Crippen molar-refractivity contribution in [3.63, 3.8) is 0 Å². The maximum atomic E-state index is 9.64. The smallest absolute Gasteiger partial charge is 0.0928 e. The van der Waals surface area contributed by atoms with E-state index in [9.17, 15) is 5.11 Å². The molecular weight excluding hydrogens is 294 g/mol. The Balaban J connectivity index is 1.52. The van der Waals surface area contributed by atoms with Crippen molar-refractivity contribution < 1.29 is 5.11 Å². The van der Waals surface area contributed by atoms with Gasteiger partial charge in [-0.2, -0.15) is 0 Å². The highest BCUT2D eigenvalue weighted by molar-refractivity contribution is 5.25. The number of hydrogen-bond donors (Lipinski definition) is 1. The summed E-state index contributed by atoms with van der Waals surface area (Å²) in [7, 11) is 0. The minimum atomic E-state index is 0.569. The zero-order chi connectivity index (χ0) is 17.4. The molecule has 0 aromatic carbocycles. The Morgan fingerprint density at radius 2 is 1.83 bits per heavy atom. The van der Waals surface area contributed by atoms with E-state index in [-0.39, 0.29) is 0 Å². The van der Waals surface area contributed by atoms with E-state index in [1.54, 1.807) is 0 Å². The van der Waals surface area contributed by atoms with E-state index in [0.29, 0.717) is 11.7 Å². The van der Waals surface area contributed by atoms with Crippen LogP contribution in [0, 0.1) is 17.8 Å². The molecule has 0 radical (unpaired) electrons. The van der Waals surface area contributed by atoms with E-state index in [1.807, 2.05) is 6.08 Å². The molecule has 0 aromatic rings. The lowest BCUT2D eigenvalue weighted by molar-refractivity contribution is 0.216. The van der Waals surface area contributed by atoms with Crippen LogP contribution in [0.5, 0.6) is 0 Å². The molecule has 0 amide bonds. The molecule has 138 valence electrons. The second-order valence-electron chi connectivity index (χ2n) is 8.64. The third-order valence-corrected chi connectivity index (χ3v) is 5.82. The molecule has 1 heterocycles. The second kappa shape index (κ2) is 10.3. The monoisotopic (exact) mass is 333 g/mol.